The van der Waals surface area contributed by atoms with Crippen molar-refractivity contribution in [3.8, 4) is 0 Å². The number of guanidine groups is 1. The lowest BCUT2D eigenvalue weighted by molar-refractivity contribution is -0.139. The second kappa shape index (κ2) is 10.1. The Hall–Kier alpha value is -2.61. The predicted molar refractivity (Wildman–Crippen MR) is 122 cm³/mol. The van der Waals surface area contributed by atoms with Crippen LogP contribution in [0.25, 0.3) is 0 Å². The van der Waals surface area contributed by atoms with E-state index in [1.165, 1.54) is 6.42 Å². The number of rotatable bonds is 6. The maximum Gasteiger partial charge on any atom is 0.229 e. The summed E-state index contributed by atoms with van der Waals surface area (Å²) in [5, 5.41) is 6.76. The zero-order valence-corrected chi connectivity index (χ0v) is 18.4. The molecule has 1 saturated carbocycles. The predicted octanol–water partition coefficient (Wildman–Crippen LogP) is 0.901. The number of hydrogen-bond acceptors (Lipinski definition) is 4. The molecule has 1 unspecified atom stereocenters. The average molecular weight is 427 g/mol. The van der Waals surface area contributed by atoms with E-state index in [-0.39, 0.29) is 11.9 Å². The molecule has 8 heteroatoms. The van der Waals surface area contributed by atoms with Gasteiger partial charge in [0.15, 0.2) is 5.96 Å². The molecule has 2 aliphatic heterocycles. The van der Waals surface area contributed by atoms with Gasteiger partial charge in [-0.1, -0.05) is 24.6 Å². The van der Waals surface area contributed by atoms with E-state index in [0.717, 1.165) is 63.8 Å². The zero-order valence-electron chi connectivity index (χ0n) is 18.4. The third-order valence-electron chi connectivity index (χ3n) is 6.62. The first-order valence-electron chi connectivity index (χ1n) is 11.5. The number of benzene rings is 1. The molecule has 1 aromatic carbocycles. The minimum Gasteiger partial charge on any atom is -0.355 e. The number of anilines is 1. The lowest BCUT2D eigenvalue weighted by Crippen LogP contribution is -2.53. The van der Waals surface area contributed by atoms with Crippen LogP contribution in [0.1, 0.15) is 25.7 Å². The Bertz CT molecular complexity index is 787. The van der Waals surface area contributed by atoms with Crippen LogP contribution in [-0.2, 0) is 9.59 Å². The molecule has 3 aliphatic rings. The number of amides is 2. The van der Waals surface area contributed by atoms with Gasteiger partial charge in [-0.2, -0.15) is 0 Å². The molecule has 1 aromatic rings. The van der Waals surface area contributed by atoms with Crippen molar-refractivity contribution in [2.75, 3.05) is 57.8 Å². The van der Waals surface area contributed by atoms with Crippen LogP contribution in [0.15, 0.2) is 35.3 Å². The highest BCUT2D eigenvalue weighted by molar-refractivity contribution is 5.97. The van der Waals surface area contributed by atoms with Crippen molar-refractivity contribution in [1.82, 2.24) is 20.4 Å². The van der Waals surface area contributed by atoms with Crippen LogP contribution in [0, 0.1) is 5.92 Å². The number of hydrogen-bond donors (Lipinski definition) is 2. The summed E-state index contributed by atoms with van der Waals surface area (Å²) in [7, 11) is 1.76. The van der Waals surface area contributed by atoms with E-state index < -0.39 is 0 Å². The summed E-state index contributed by atoms with van der Waals surface area (Å²) in [5.41, 5.74) is 0.940. The van der Waals surface area contributed by atoms with Gasteiger partial charge in [0.05, 0.1) is 6.04 Å². The van der Waals surface area contributed by atoms with Gasteiger partial charge >= 0.3 is 0 Å². The number of carbonyl (C=O) groups excluding carboxylic acids is 2. The third kappa shape index (κ3) is 5.36. The van der Waals surface area contributed by atoms with Crippen molar-refractivity contribution in [1.29, 1.82) is 0 Å². The molecule has 2 saturated heterocycles. The molecule has 4 rings (SSSR count). The van der Waals surface area contributed by atoms with Crippen LogP contribution >= 0.6 is 0 Å². The summed E-state index contributed by atoms with van der Waals surface area (Å²) in [6.07, 6.45) is 3.82. The molecule has 2 N–H and O–H groups in total. The Morgan fingerprint density at radius 2 is 1.87 bits per heavy atom. The summed E-state index contributed by atoms with van der Waals surface area (Å²) in [6, 6.07) is 9.83. The lowest BCUT2D eigenvalue weighted by Gasteiger charge is -2.38. The maximum atomic E-state index is 12.4. The molecule has 8 nitrogen and oxygen atoms in total. The maximum absolute atomic E-state index is 12.4. The summed E-state index contributed by atoms with van der Waals surface area (Å²) >= 11 is 0. The Morgan fingerprint density at radius 1 is 1.13 bits per heavy atom. The van der Waals surface area contributed by atoms with Crippen molar-refractivity contribution in [3.63, 3.8) is 0 Å². The van der Waals surface area contributed by atoms with Crippen molar-refractivity contribution in [2.24, 2.45) is 10.9 Å². The van der Waals surface area contributed by atoms with Crippen LogP contribution < -0.4 is 15.5 Å². The van der Waals surface area contributed by atoms with Gasteiger partial charge in [-0.25, -0.2) is 0 Å². The molecule has 168 valence electrons. The molecule has 2 heterocycles. The number of aliphatic imine (C=N–C) groups is 1. The molecular weight excluding hydrogens is 392 g/mol. The fraction of sp³-hybridized carbons (Fsp3) is 0.609. The second-order valence-electron chi connectivity index (χ2n) is 8.68. The van der Waals surface area contributed by atoms with E-state index in [1.807, 2.05) is 40.1 Å². The largest absolute Gasteiger partial charge is 0.355 e. The van der Waals surface area contributed by atoms with Crippen molar-refractivity contribution < 1.29 is 9.59 Å². The number of nitrogens with zero attached hydrogens (tertiary/aromatic N) is 4. The lowest BCUT2D eigenvalue weighted by atomic mass is 9.84. The fourth-order valence-electron chi connectivity index (χ4n) is 4.49. The first-order valence-corrected chi connectivity index (χ1v) is 11.5. The quantitative estimate of drug-likeness (QED) is 0.522. The van der Waals surface area contributed by atoms with Gasteiger partial charge in [-0.3, -0.25) is 19.5 Å². The Morgan fingerprint density at radius 3 is 2.52 bits per heavy atom. The molecule has 3 fully saturated rings. The van der Waals surface area contributed by atoms with Gasteiger partial charge < -0.3 is 20.4 Å². The van der Waals surface area contributed by atoms with Crippen molar-refractivity contribution in [2.45, 2.75) is 31.7 Å². The van der Waals surface area contributed by atoms with Crippen LogP contribution in [0.2, 0.25) is 0 Å². The normalized spacial score (nSPS) is 23.1. The second-order valence-corrected chi connectivity index (χ2v) is 8.68. The highest BCUT2D eigenvalue weighted by Crippen LogP contribution is 2.28. The summed E-state index contributed by atoms with van der Waals surface area (Å²) < 4.78 is 0. The minimum atomic E-state index is 0.0416. The van der Waals surface area contributed by atoms with Crippen LogP contribution in [-0.4, -0.2) is 86.5 Å². The molecule has 0 radical (unpaired) electrons. The van der Waals surface area contributed by atoms with Gasteiger partial charge in [0.25, 0.3) is 0 Å². The Kier molecular flexibility index (Phi) is 7.06. The van der Waals surface area contributed by atoms with Crippen LogP contribution in [0.5, 0.6) is 0 Å². The SMILES string of the molecule is CN=C(NCCN1CCN(C(=O)C2CCC2)CC1)NC1CC(=O)N(c2ccccc2)C1. The van der Waals surface area contributed by atoms with Gasteiger partial charge in [0.2, 0.25) is 11.8 Å². The monoisotopic (exact) mass is 426 g/mol. The summed E-state index contributed by atoms with van der Waals surface area (Å²) in [4.78, 5) is 35.4. The smallest absolute Gasteiger partial charge is 0.229 e. The first-order chi connectivity index (χ1) is 15.1. The fourth-order valence-corrected chi connectivity index (χ4v) is 4.49. The Labute approximate surface area is 184 Å². The summed E-state index contributed by atoms with van der Waals surface area (Å²) in [6.45, 7) is 5.85. The van der Waals surface area contributed by atoms with Crippen LogP contribution in [0.3, 0.4) is 0 Å². The molecular formula is C23H34N6O2. The number of piperazine rings is 1. The van der Waals surface area contributed by atoms with E-state index in [1.54, 1.807) is 7.05 Å². The molecule has 31 heavy (non-hydrogen) atoms. The van der Waals surface area contributed by atoms with Crippen LogP contribution in [0.4, 0.5) is 5.69 Å². The minimum absolute atomic E-state index is 0.0416. The molecule has 0 aromatic heterocycles. The van der Waals surface area contributed by atoms with E-state index in [0.29, 0.717) is 24.8 Å². The number of carbonyl (C=O) groups is 2. The van der Waals surface area contributed by atoms with Crippen molar-refractivity contribution in [3.05, 3.63) is 30.3 Å². The van der Waals surface area contributed by atoms with E-state index >= 15 is 0 Å². The van der Waals surface area contributed by atoms with Gasteiger partial charge in [-0.05, 0) is 25.0 Å². The topological polar surface area (TPSA) is 80.3 Å². The average Bonchev–Trinajstić information content (AvgIpc) is 3.13. The zero-order chi connectivity index (χ0) is 21.6. The van der Waals surface area contributed by atoms with E-state index in [2.05, 4.69) is 20.5 Å². The summed E-state index contributed by atoms with van der Waals surface area (Å²) in [5.74, 6) is 1.52. The standard InChI is InChI=1S/C23H34N6O2/c1-24-23(26-19-16-21(30)29(17-19)20-8-3-2-4-9-20)25-10-11-27-12-14-28(15-13-27)22(31)18-6-5-7-18/h2-4,8-9,18-19H,5-7,10-17H2,1H3,(H2,24,25,26). The van der Waals surface area contributed by atoms with Crippen molar-refractivity contribution >= 4 is 23.5 Å². The highest BCUT2D eigenvalue weighted by atomic mass is 16.2. The number of nitrogens with one attached hydrogen (secondary N) is 2. The highest BCUT2D eigenvalue weighted by Gasteiger charge is 2.32. The van der Waals surface area contributed by atoms with Gasteiger partial charge in [0, 0.05) is 70.9 Å². The molecule has 2 amide bonds. The van der Waals surface area contributed by atoms with Gasteiger partial charge in [0.1, 0.15) is 0 Å². The van der Waals surface area contributed by atoms with E-state index in [9.17, 15) is 9.59 Å². The molecule has 0 bridgehead atoms. The Balaban J connectivity index is 1.16. The van der Waals surface area contributed by atoms with Gasteiger partial charge in [-0.15, -0.1) is 0 Å². The van der Waals surface area contributed by atoms with E-state index in [4.69, 9.17) is 0 Å². The number of para-hydroxylation sites is 1. The molecule has 0 spiro atoms. The first kappa shape index (κ1) is 21.6. The molecule has 1 atom stereocenters. The third-order valence-corrected chi connectivity index (χ3v) is 6.62. The molecule has 1 aliphatic carbocycles.